The SMILES string of the molecule is C[C@H](CC(=O)C(F)F)c1ccc(OC2CCN(c3ccc(OCC4CC4(F)F)cn3)C2)cc1. The van der Waals surface area contributed by atoms with Crippen molar-refractivity contribution < 1.29 is 31.8 Å². The van der Waals surface area contributed by atoms with Gasteiger partial charge in [-0.25, -0.2) is 22.5 Å². The summed E-state index contributed by atoms with van der Waals surface area (Å²) in [7, 11) is 0. The number of pyridine rings is 1. The molecule has 1 aliphatic carbocycles. The van der Waals surface area contributed by atoms with E-state index in [0.717, 1.165) is 24.3 Å². The number of alkyl halides is 4. The van der Waals surface area contributed by atoms with Gasteiger partial charge in [-0.05, 0) is 35.7 Å². The predicted octanol–water partition coefficient (Wildman–Crippen LogP) is 5.10. The lowest BCUT2D eigenvalue weighted by atomic mass is 9.96. The molecule has 1 aliphatic heterocycles. The average Bonchev–Trinajstić information content (AvgIpc) is 3.16. The molecule has 4 rings (SSSR count). The normalized spacial score (nSPS) is 22.3. The molecular weight excluding hydrogens is 440 g/mol. The molecule has 9 heteroatoms. The Kier molecular flexibility index (Phi) is 6.76. The number of aromatic nitrogens is 1. The molecule has 1 saturated carbocycles. The Bertz CT molecular complexity index is 953. The van der Waals surface area contributed by atoms with Crippen molar-refractivity contribution in [1.29, 1.82) is 0 Å². The average molecular weight is 466 g/mol. The van der Waals surface area contributed by atoms with Crippen molar-refractivity contribution >= 4 is 11.6 Å². The lowest BCUT2D eigenvalue weighted by Crippen LogP contribution is -2.25. The summed E-state index contributed by atoms with van der Waals surface area (Å²) in [4.78, 5) is 17.7. The molecular formula is C24H26F4N2O3. The van der Waals surface area contributed by atoms with E-state index in [1.807, 2.05) is 0 Å². The van der Waals surface area contributed by atoms with Gasteiger partial charge >= 0.3 is 0 Å². The number of ether oxygens (including phenoxy) is 2. The maximum atomic E-state index is 12.9. The van der Waals surface area contributed by atoms with Gasteiger partial charge in [-0.2, -0.15) is 0 Å². The lowest BCUT2D eigenvalue weighted by molar-refractivity contribution is -0.129. The Labute approximate surface area is 189 Å². The molecule has 2 fully saturated rings. The maximum Gasteiger partial charge on any atom is 0.296 e. The van der Waals surface area contributed by atoms with Crippen LogP contribution in [0.4, 0.5) is 23.4 Å². The van der Waals surface area contributed by atoms with Crippen molar-refractivity contribution in [2.75, 3.05) is 24.6 Å². The van der Waals surface area contributed by atoms with E-state index in [0.29, 0.717) is 18.0 Å². The van der Waals surface area contributed by atoms with Gasteiger partial charge < -0.3 is 14.4 Å². The molecule has 5 nitrogen and oxygen atoms in total. The van der Waals surface area contributed by atoms with E-state index in [4.69, 9.17) is 9.47 Å². The molecule has 1 aromatic heterocycles. The van der Waals surface area contributed by atoms with Crippen LogP contribution in [0.3, 0.4) is 0 Å². The van der Waals surface area contributed by atoms with Crippen LogP contribution in [0, 0.1) is 5.92 Å². The Hall–Kier alpha value is -2.84. The van der Waals surface area contributed by atoms with Crippen LogP contribution >= 0.6 is 0 Å². The maximum absolute atomic E-state index is 12.9. The first-order valence-corrected chi connectivity index (χ1v) is 11.0. The van der Waals surface area contributed by atoms with E-state index >= 15 is 0 Å². The Balaban J connectivity index is 1.25. The number of hydrogen-bond acceptors (Lipinski definition) is 5. The smallest absolute Gasteiger partial charge is 0.296 e. The van der Waals surface area contributed by atoms with Crippen molar-refractivity contribution in [1.82, 2.24) is 4.98 Å². The minimum atomic E-state index is -2.94. The third-order valence-electron chi connectivity index (χ3n) is 6.10. The molecule has 2 aliphatic rings. The van der Waals surface area contributed by atoms with Crippen LogP contribution in [-0.2, 0) is 4.79 Å². The molecule has 3 atom stereocenters. The molecule has 2 aromatic rings. The molecule has 0 spiro atoms. The van der Waals surface area contributed by atoms with E-state index in [1.54, 1.807) is 49.5 Å². The fourth-order valence-corrected chi connectivity index (χ4v) is 3.90. The molecule has 0 N–H and O–H groups in total. The van der Waals surface area contributed by atoms with Gasteiger partial charge in [0.15, 0.2) is 5.78 Å². The number of anilines is 1. The number of benzene rings is 1. The summed E-state index contributed by atoms with van der Waals surface area (Å²) in [5, 5.41) is 0. The number of Topliss-reactive ketones (excluding diaryl/α,β-unsaturated/α-hetero) is 1. The third-order valence-corrected chi connectivity index (χ3v) is 6.10. The second-order valence-corrected chi connectivity index (χ2v) is 8.74. The van der Waals surface area contributed by atoms with Crippen LogP contribution in [-0.4, -0.2) is 48.9 Å². The number of nitrogens with zero attached hydrogens (tertiary/aromatic N) is 2. The zero-order valence-electron chi connectivity index (χ0n) is 18.2. The first-order chi connectivity index (χ1) is 15.7. The van der Waals surface area contributed by atoms with Gasteiger partial charge in [-0.1, -0.05) is 19.1 Å². The summed E-state index contributed by atoms with van der Waals surface area (Å²) in [5.74, 6) is -2.73. The van der Waals surface area contributed by atoms with Crippen molar-refractivity contribution in [3.05, 3.63) is 48.2 Å². The fraction of sp³-hybridized carbons (Fsp3) is 0.500. The van der Waals surface area contributed by atoms with Crippen LogP contribution in [0.5, 0.6) is 11.5 Å². The zero-order valence-corrected chi connectivity index (χ0v) is 18.2. The van der Waals surface area contributed by atoms with Crippen molar-refractivity contribution in [2.45, 2.75) is 50.6 Å². The van der Waals surface area contributed by atoms with E-state index < -0.39 is 24.0 Å². The van der Waals surface area contributed by atoms with Crippen LogP contribution in [0.25, 0.3) is 0 Å². The molecule has 0 amide bonds. The number of carbonyl (C=O) groups excluding carboxylic acids is 1. The van der Waals surface area contributed by atoms with Gasteiger partial charge in [0.25, 0.3) is 12.3 Å². The van der Waals surface area contributed by atoms with Crippen LogP contribution in [0.2, 0.25) is 0 Å². The van der Waals surface area contributed by atoms with Gasteiger partial charge in [0.05, 0.1) is 25.3 Å². The second-order valence-electron chi connectivity index (χ2n) is 8.74. The number of halogens is 4. The minimum Gasteiger partial charge on any atom is -0.491 e. The van der Waals surface area contributed by atoms with Crippen LogP contribution in [0.15, 0.2) is 42.6 Å². The monoisotopic (exact) mass is 466 g/mol. The van der Waals surface area contributed by atoms with Crippen molar-refractivity contribution in [3.8, 4) is 11.5 Å². The molecule has 2 heterocycles. The zero-order chi connectivity index (χ0) is 23.6. The first kappa shape index (κ1) is 23.3. The highest BCUT2D eigenvalue weighted by Gasteiger charge is 2.57. The number of ketones is 1. The molecule has 1 aromatic carbocycles. The molecule has 2 unspecified atom stereocenters. The second kappa shape index (κ2) is 9.57. The summed E-state index contributed by atoms with van der Waals surface area (Å²) in [6.45, 7) is 3.14. The molecule has 0 radical (unpaired) electrons. The number of carbonyl (C=O) groups is 1. The summed E-state index contributed by atoms with van der Waals surface area (Å²) in [5.41, 5.74) is 0.807. The van der Waals surface area contributed by atoms with E-state index in [1.165, 1.54) is 0 Å². The van der Waals surface area contributed by atoms with Crippen LogP contribution in [0.1, 0.15) is 37.7 Å². The largest absolute Gasteiger partial charge is 0.491 e. The highest BCUT2D eigenvalue weighted by Crippen LogP contribution is 2.48. The van der Waals surface area contributed by atoms with E-state index in [-0.39, 0.29) is 31.5 Å². The van der Waals surface area contributed by atoms with Crippen molar-refractivity contribution in [3.63, 3.8) is 0 Å². The van der Waals surface area contributed by atoms with Gasteiger partial charge in [0, 0.05) is 25.8 Å². The van der Waals surface area contributed by atoms with Gasteiger partial charge in [0.1, 0.15) is 23.4 Å². The summed E-state index contributed by atoms with van der Waals surface area (Å²) < 4.78 is 62.2. The first-order valence-electron chi connectivity index (χ1n) is 11.0. The Morgan fingerprint density at radius 3 is 2.48 bits per heavy atom. The molecule has 0 bridgehead atoms. The fourth-order valence-electron chi connectivity index (χ4n) is 3.90. The molecule has 1 saturated heterocycles. The third kappa shape index (κ3) is 5.94. The molecule has 33 heavy (non-hydrogen) atoms. The highest BCUT2D eigenvalue weighted by molar-refractivity contribution is 5.82. The quantitative estimate of drug-likeness (QED) is 0.456. The highest BCUT2D eigenvalue weighted by atomic mass is 19.3. The van der Waals surface area contributed by atoms with Gasteiger partial charge in [-0.15, -0.1) is 0 Å². The summed E-state index contributed by atoms with van der Waals surface area (Å²) in [6.07, 6.45) is -0.939. The Morgan fingerprint density at radius 2 is 1.88 bits per heavy atom. The Morgan fingerprint density at radius 1 is 1.18 bits per heavy atom. The van der Waals surface area contributed by atoms with Crippen molar-refractivity contribution in [2.24, 2.45) is 5.92 Å². The number of hydrogen-bond donors (Lipinski definition) is 0. The van der Waals surface area contributed by atoms with Gasteiger partial charge in [0.2, 0.25) is 0 Å². The van der Waals surface area contributed by atoms with E-state index in [9.17, 15) is 22.4 Å². The molecule has 178 valence electrons. The summed E-state index contributed by atoms with van der Waals surface area (Å²) >= 11 is 0. The van der Waals surface area contributed by atoms with E-state index in [2.05, 4.69) is 9.88 Å². The van der Waals surface area contributed by atoms with Gasteiger partial charge in [-0.3, -0.25) is 4.79 Å². The minimum absolute atomic E-state index is 0.00620. The standard InChI is InChI=1S/C24H26F4N2O3/c1-15(10-21(31)23(25)26)16-2-4-18(5-3-16)33-20-8-9-30(13-20)22-7-6-19(12-29-22)32-14-17-11-24(17,27)28/h2-7,12,15,17,20,23H,8-11,13-14H2,1H3/t15-,17?,20?/m1/s1. The topological polar surface area (TPSA) is 51.7 Å². The summed E-state index contributed by atoms with van der Waals surface area (Å²) in [6, 6.07) is 10.7. The lowest BCUT2D eigenvalue weighted by Gasteiger charge is -2.19. The predicted molar refractivity (Wildman–Crippen MR) is 115 cm³/mol. The number of rotatable bonds is 10. The van der Waals surface area contributed by atoms with Crippen LogP contribution < -0.4 is 14.4 Å².